The number of thiocarbonyl (C=S) groups is 1. The highest BCUT2D eigenvalue weighted by Crippen LogP contribution is 2.19. The summed E-state index contributed by atoms with van der Waals surface area (Å²) in [6.07, 6.45) is 5.71. The van der Waals surface area contributed by atoms with E-state index in [1.165, 1.54) is 25.3 Å². The van der Waals surface area contributed by atoms with E-state index in [1.54, 1.807) is 6.92 Å². The minimum atomic E-state index is -0.583. The molecule has 5 heteroatoms. The molecule has 1 fully saturated rings. The van der Waals surface area contributed by atoms with Crippen LogP contribution >= 0.6 is 12.2 Å². The van der Waals surface area contributed by atoms with Gasteiger partial charge < -0.3 is 14.8 Å². The summed E-state index contributed by atoms with van der Waals surface area (Å²) in [5.74, 6) is 0.263. The van der Waals surface area contributed by atoms with E-state index in [2.05, 4.69) is 5.32 Å². The van der Waals surface area contributed by atoms with Crippen molar-refractivity contribution >= 4 is 17.2 Å². The van der Waals surface area contributed by atoms with Gasteiger partial charge in [-0.3, -0.25) is 0 Å². The lowest BCUT2D eigenvalue weighted by Crippen LogP contribution is -2.37. The van der Waals surface area contributed by atoms with E-state index in [0.29, 0.717) is 11.8 Å². The number of hydrogen-bond donors (Lipinski definition) is 2. The topological polar surface area (TPSA) is 62.5 Å². The largest absolute Gasteiger partial charge is 0.507 e. The first-order valence-corrected chi connectivity index (χ1v) is 6.63. The van der Waals surface area contributed by atoms with E-state index < -0.39 is 5.63 Å². The van der Waals surface area contributed by atoms with Crippen LogP contribution in [-0.4, -0.2) is 16.1 Å². The molecule has 0 bridgehead atoms. The Labute approximate surface area is 111 Å². The molecule has 1 aliphatic rings. The second-order valence-corrected chi connectivity index (χ2v) is 5.12. The van der Waals surface area contributed by atoms with Crippen molar-refractivity contribution in [2.45, 2.75) is 45.1 Å². The van der Waals surface area contributed by atoms with E-state index in [-0.39, 0.29) is 16.3 Å². The van der Waals surface area contributed by atoms with Crippen molar-refractivity contribution in [3.8, 4) is 5.75 Å². The fourth-order valence-electron chi connectivity index (χ4n) is 2.31. The highest BCUT2D eigenvalue weighted by molar-refractivity contribution is 7.80. The van der Waals surface area contributed by atoms with Crippen molar-refractivity contribution in [2.75, 3.05) is 0 Å². The standard InChI is InChI=1S/C13H17NO3S/c1-8-7-10(15)11(13(16)17-8)12(18)14-9-5-3-2-4-6-9/h7,9,15H,2-6H2,1H3,(H,14,18). The quantitative estimate of drug-likeness (QED) is 0.805. The zero-order valence-corrected chi connectivity index (χ0v) is 11.2. The molecule has 0 spiro atoms. The summed E-state index contributed by atoms with van der Waals surface area (Å²) < 4.78 is 4.96. The lowest BCUT2D eigenvalue weighted by atomic mass is 9.95. The normalized spacial score (nSPS) is 16.5. The van der Waals surface area contributed by atoms with Gasteiger partial charge in [0.05, 0.1) is 0 Å². The predicted octanol–water partition coefficient (Wildman–Crippen LogP) is 2.25. The zero-order valence-electron chi connectivity index (χ0n) is 10.4. The van der Waals surface area contributed by atoms with E-state index in [0.717, 1.165) is 12.8 Å². The molecule has 4 nitrogen and oxygen atoms in total. The van der Waals surface area contributed by atoms with Gasteiger partial charge in [0.25, 0.3) is 0 Å². The molecule has 0 aromatic carbocycles. The van der Waals surface area contributed by atoms with Gasteiger partial charge in [-0.05, 0) is 19.8 Å². The van der Waals surface area contributed by atoms with Crippen LogP contribution in [0.25, 0.3) is 0 Å². The summed E-state index contributed by atoms with van der Waals surface area (Å²) in [5.41, 5.74) is -0.512. The van der Waals surface area contributed by atoms with Gasteiger partial charge in [0, 0.05) is 12.1 Å². The first-order valence-electron chi connectivity index (χ1n) is 6.22. The molecule has 0 amide bonds. The molecule has 0 unspecified atom stereocenters. The van der Waals surface area contributed by atoms with Crippen molar-refractivity contribution < 1.29 is 9.52 Å². The summed E-state index contributed by atoms with van der Waals surface area (Å²) in [6.45, 7) is 1.61. The second kappa shape index (κ2) is 5.52. The molecule has 0 radical (unpaired) electrons. The molecule has 1 heterocycles. The Kier molecular flexibility index (Phi) is 4.01. The Morgan fingerprint density at radius 2 is 2.11 bits per heavy atom. The highest BCUT2D eigenvalue weighted by atomic mass is 32.1. The first-order chi connectivity index (χ1) is 8.58. The molecule has 2 rings (SSSR count). The minimum absolute atomic E-state index is 0.0705. The van der Waals surface area contributed by atoms with Crippen molar-refractivity contribution in [3.63, 3.8) is 0 Å². The van der Waals surface area contributed by atoms with Crippen molar-refractivity contribution in [1.29, 1.82) is 0 Å². The number of rotatable bonds is 2. The summed E-state index contributed by atoms with van der Waals surface area (Å²) in [7, 11) is 0. The number of hydrogen-bond acceptors (Lipinski definition) is 4. The lowest BCUT2D eigenvalue weighted by molar-refractivity contribution is 0.411. The molecule has 18 heavy (non-hydrogen) atoms. The molecule has 1 aromatic heterocycles. The third-order valence-corrected chi connectivity index (χ3v) is 3.54. The molecule has 1 aliphatic carbocycles. The molecular formula is C13H17NO3S. The van der Waals surface area contributed by atoms with E-state index in [4.69, 9.17) is 16.6 Å². The average Bonchev–Trinajstić information content (AvgIpc) is 2.28. The van der Waals surface area contributed by atoms with Crippen LogP contribution in [0.4, 0.5) is 0 Å². The fraction of sp³-hybridized carbons (Fsp3) is 0.538. The average molecular weight is 267 g/mol. The van der Waals surface area contributed by atoms with E-state index in [1.807, 2.05) is 0 Å². The third-order valence-electron chi connectivity index (χ3n) is 3.22. The Morgan fingerprint density at radius 1 is 1.44 bits per heavy atom. The molecule has 2 N–H and O–H groups in total. The van der Waals surface area contributed by atoms with Crippen LogP contribution in [0.2, 0.25) is 0 Å². The van der Waals surface area contributed by atoms with Gasteiger partial charge in [-0.2, -0.15) is 0 Å². The molecule has 98 valence electrons. The zero-order chi connectivity index (χ0) is 13.1. The van der Waals surface area contributed by atoms with Crippen molar-refractivity contribution in [2.24, 2.45) is 0 Å². The van der Waals surface area contributed by atoms with E-state index >= 15 is 0 Å². The Bertz CT molecular complexity index is 503. The second-order valence-electron chi connectivity index (χ2n) is 4.71. The lowest BCUT2D eigenvalue weighted by Gasteiger charge is -2.23. The van der Waals surface area contributed by atoms with Gasteiger partial charge in [0.1, 0.15) is 22.1 Å². The summed E-state index contributed by atoms with van der Waals surface area (Å²) in [4.78, 5) is 12.0. The predicted molar refractivity (Wildman–Crippen MR) is 73.1 cm³/mol. The van der Waals surface area contributed by atoms with Gasteiger partial charge >= 0.3 is 5.63 Å². The molecule has 0 atom stereocenters. The van der Waals surface area contributed by atoms with Crippen LogP contribution in [0.5, 0.6) is 5.75 Å². The molecule has 1 saturated carbocycles. The number of aromatic hydroxyl groups is 1. The monoisotopic (exact) mass is 267 g/mol. The summed E-state index contributed by atoms with van der Waals surface area (Å²) >= 11 is 5.19. The Hall–Kier alpha value is -1.36. The van der Waals surface area contributed by atoms with Gasteiger partial charge in [0.2, 0.25) is 0 Å². The van der Waals surface area contributed by atoms with Crippen LogP contribution in [-0.2, 0) is 0 Å². The third kappa shape index (κ3) is 2.90. The van der Waals surface area contributed by atoms with Gasteiger partial charge in [-0.1, -0.05) is 31.5 Å². The number of nitrogens with one attached hydrogen (secondary N) is 1. The van der Waals surface area contributed by atoms with Gasteiger partial charge in [0.15, 0.2) is 0 Å². The fourth-order valence-corrected chi connectivity index (χ4v) is 2.66. The van der Waals surface area contributed by atoms with Crippen molar-refractivity contribution in [3.05, 3.63) is 27.8 Å². The number of aryl methyl sites for hydroxylation is 1. The van der Waals surface area contributed by atoms with Crippen LogP contribution < -0.4 is 10.9 Å². The van der Waals surface area contributed by atoms with Crippen LogP contribution in [0, 0.1) is 6.92 Å². The van der Waals surface area contributed by atoms with Crippen LogP contribution in [0.15, 0.2) is 15.3 Å². The van der Waals surface area contributed by atoms with Gasteiger partial charge in [-0.25, -0.2) is 4.79 Å². The van der Waals surface area contributed by atoms with Crippen LogP contribution in [0.3, 0.4) is 0 Å². The van der Waals surface area contributed by atoms with Gasteiger partial charge in [-0.15, -0.1) is 0 Å². The highest BCUT2D eigenvalue weighted by Gasteiger charge is 2.19. The molecule has 1 aromatic rings. The summed E-state index contributed by atoms with van der Waals surface area (Å²) in [6, 6.07) is 1.71. The first kappa shape index (κ1) is 13.1. The Morgan fingerprint density at radius 3 is 2.72 bits per heavy atom. The maximum Gasteiger partial charge on any atom is 0.350 e. The summed E-state index contributed by atoms with van der Waals surface area (Å²) in [5, 5.41) is 12.9. The van der Waals surface area contributed by atoms with Crippen LogP contribution in [0.1, 0.15) is 43.4 Å². The maximum atomic E-state index is 11.7. The Balaban J connectivity index is 2.16. The molecule has 0 aliphatic heterocycles. The minimum Gasteiger partial charge on any atom is -0.507 e. The smallest absolute Gasteiger partial charge is 0.350 e. The molecule has 0 saturated heterocycles. The van der Waals surface area contributed by atoms with Crippen molar-refractivity contribution in [1.82, 2.24) is 5.32 Å². The van der Waals surface area contributed by atoms with E-state index in [9.17, 15) is 9.90 Å². The SMILES string of the molecule is Cc1cc(O)c(C(=S)NC2CCCCC2)c(=O)o1. The molecular weight excluding hydrogens is 250 g/mol. The maximum absolute atomic E-state index is 11.7.